The van der Waals surface area contributed by atoms with E-state index in [0.717, 1.165) is 27.6 Å². The van der Waals surface area contributed by atoms with Gasteiger partial charge >= 0.3 is 6.16 Å². The summed E-state index contributed by atoms with van der Waals surface area (Å²) in [6, 6.07) is 15.3. The SMILES string of the molecule is COCc1c(OC(=O)OC(C)C)ncc2[nH]c3ccc(Oc4ccccc4)cc3c12. The van der Waals surface area contributed by atoms with Crippen molar-refractivity contribution in [2.75, 3.05) is 7.11 Å². The normalized spacial score (nSPS) is 11.2. The molecule has 2 aromatic carbocycles. The van der Waals surface area contributed by atoms with E-state index < -0.39 is 6.16 Å². The average molecular weight is 406 g/mol. The fourth-order valence-electron chi connectivity index (χ4n) is 3.27. The molecule has 0 aliphatic carbocycles. The molecular weight excluding hydrogens is 384 g/mol. The Morgan fingerprint density at radius 3 is 2.60 bits per heavy atom. The summed E-state index contributed by atoms with van der Waals surface area (Å²) < 4.78 is 21.8. The number of aromatic amines is 1. The minimum absolute atomic E-state index is 0.158. The van der Waals surface area contributed by atoms with Crippen molar-refractivity contribution in [3.8, 4) is 17.4 Å². The Kier molecular flexibility index (Phi) is 5.54. The van der Waals surface area contributed by atoms with E-state index in [1.54, 1.807) is 27.2 Å². The molecule has 4 rings (SSSR count). The van der Waals surface area contributed by atoms with Crippen LogP contribution in [-0.2, 0) is 16.1 Å². The number of para-hydroxylation sites is 1. The van der Waals surface area contributed by atoms with Crippen molar-refractivity contribution in [3.05, 3.63) is 60.3 Å². The lowest BCUT2D eigenvalue weighted by atomic mass is 10.1. The lowest BCUT2D eigenvalue weighted by molar-refractivity contribution is 0.0705. The smallest absolute Gasteiger partial charge is 0.457 e. The Hall–Kier alpha value is -3.58. The zero-order valence-corrected chi connectivity index (χ0v) is 17.0. The van der Waals surface area contributed by atoms with Gasteiger partial charge in [0.05, 0.1) is 30.0 Å². The Morgan fingerprint density at radius 2 is 1.87 bits per heavy atom. The number of aromatic nitrogens is 2. The van der Waals surface area contributed by atoms with E-state index >= 15 is 0 Å². The van der Waals surface area contributed by atoms with E-state index in [-0.39, 0.29) is 18.6 Å². The van der Waals surface area contributed by atoms with Gasteiger partial charge in [0.15, 0.2) is 0 Å². The summed E-state index contributed by atoms with van der Waals surface area (Å²) in [5.41, 5.74) is 2.36. The predicted octanol–water partition coefficient (Wildman–Crippen LogP) is 5.58. The minimum atomic E-state index is -0.804. The lowest BCUT2D eigenvalue weighted by Crippen LogP contribution is -2.17. The first kappa shape index (κ1) is 19.7. The maximum atomic E-state index is 12.0. The standard InChI is InChI=1S/C23H22N2O5/c1-14(2)28-23(26)30-22-18(13-27-3)21-17-11-16(29-15-7-5-4-6-8-15)9-10-19(17)25-20(21)12-24-22/h4-12,14,25H,13H2,1-3H3. The monoisotopic (exact) mass is 406 g/mol. The quantitative estimate of drug-likeness (QED) is 0.421. The molecular formula is C23H22N2O5. The average Bonchev–Trinajstić information content (AvgIpc) is 3.08. The van der Waals surface area contributed by atoms with Gasteiger partial charge in [-0.15, -0.1) is 0 Å². The fourth-order valence-corrected chi connectivity index (χ4v) is 3.27. The Morgan fingerprint density at radius 1 is 1.07 bits per heavy atom. The summed E-state index contributed by atoms with van der Waals surface area (Å²) in [6.45, 7) is 3.72. The molecule has 0 saturated carbocycles. The maximum absolute atomic E-state index is 12.0. The second-order valence-electron chi connectivity index (χ2n) is 7.03. The van der Waals surface area contributed by atoms with Crippen molar-refractivity contribution in [2.45, 2.75) is 26.6 Å². The van der Waals surface area contributed by atoms with Crippen LogP contribution < -0.4 is 9.47 Å². The van der Waals surface area contributed by atoms with Crippen LogP contribution in [0.2, 0.25) is 0 Å². The van der Waals surface area contributed by atoms with Crippen molar-refractivity contribution in [1.82, 2.24) is 9.97 Å². The molecule has 4 aromatic rings. The summed E-state index contributed by atoms with van der Waals surface area (Å²) in [5, 5.41) is 1.77. The van der Waals surface area contributed by atoms with Crippen molar-refractivity contribution < 1.29 is 23.7 Å². The molecule has 1 N–H and O–H groups in total. The third-order valence-electron chi connectivity index (χ3n) is 4.45. The molecule has 0 fully saturated rings. The molecule has 7 nitrogen and oxygen atoms in total. The van der Waals surface area contributed by atoms with Gasteiger partial charge in [0.25, 0.3) is 0 Å². The Labute approximate surface area is 173 Å². The summed E-state index contributed by atoms with van der Waals surface area (Å²) in [4.78, 5) is 19.6. The van der Waals surface area contributed by atoms with Gasteiger partial charge in [-0.1, -0.05) is 18.2 Å². The number of carbonyl (C=O) groups is 1. The number of carbonyl (C=O) groups excluding carboxylic acids is 1. The minimum Gasteiger partial charge on any atom is -0.457 e. The molecule has 0 radical (unpaired) electrons. The number of nitrogens with zero attached hydrogens (tertiary/aromatic N) is 1. The third-order valence-corrected chi connectivity index (χ3v) is 4.45. The van der Waals surface area contributed by atoms with Crippen LogP contribution in [0.5, 0.6) is 17.4 Å². The van der Waals surface area contributed by atoms with E-state index in [1.807, 2.05) is 48.5 Å². The van der Waals surface area contributed by atoms with Gasteiger partial charge in [-0.05, 0) is 44.2 Å². The van der Waals surface area contributed by atoms with Crippen LogP contribution in [-0.4, -0.2) is 29.3 Å². The molecule has 0 saturated heterocycles. The molecule has 30 heavy (non-hydrogen) atoms. The molecule has 0 spiro atoms. The largest absolute Gasteiger partial charge is 0.515 e. The summed E-state index contributed by atoms with van der Waals surface area (Å²) in [7, 11) is 1.58. The Balaban J connectivity index is 1.79. The van der Waals surface area contributed by atoms with E-state index in [0.29, 0.717) is 11.3 Å². The number of hydrogen-bond donors (Lipinski definition) is 1. The number of nitrogens with one attached hydrogen (secondary N) is 1. The van der Waals surface area contributed by atoms with Gasteiger partial charge in [0, 0.05) is 23.4 Å². The van der Waals surface area contributed by atoms with E-state index in [2.05, 4.69) is 9.97 Å². The van der Waals surface area contributed by atoms with Gasteiger partial charge in [0.2, 0.25) is 5.88 Å². The predicted molar refractivity (Wildman–Crippen MR) is 113 cm³/mol. The first-order chi connectivity index (χ1) is 14.5. The number of hydrogen-bond acceptors (Lipinski definition) is 6. The van der Waals surface area contributed by atoms with Crippen molar-refractivity contribution in [2.24, 2.45) is 0 Å². The number of benzene rings is 2. The van der Waals surface area contributed by atoms with Crippen LogP contribution >= 0.6 is 0 Å². The zero-order valence-electron chi connectivity index (χ0n) is 17.0. The number of methoxy groups -OCH3 is 1. The van der Waals surface area contributed by atoms with E-state index in [9.17, 15) is 4.79 Å². The molecule has 0 bridgehead atoms. The molecule has 7 heteroatoms. The van der Waals surface area contributed by atoms with E-state index in [1.165, 1.54) is 0 Å². The highest BCUT2D eigenvalue weighted by Gasteiger charge is 2.19. The summed E-state index contributed by atoms with van der Waals surface area (Å²) in [5.74, 6) is 1.60. The second kappa shape index (κ2) is 8.42. The van der Waals surface area contributed by atoms with Crippen molar-refractivity contribution >= 4 is 28.0 Å². The molecule has 2 aromatic heterocycles. The highest BCUT2D eigenvalue weighted by Crippen LogP contribution is 2.35. The van der Waals surface area contributed by atoms with Crippen LogP contribution in [0.25, 0.3) is 21.8 Å². The molecule has 0 unspecified atom stereocenters. The molecule has 0 amide bonds. The molecule has 0 atom stereocenters. The summed E-state index contributed by atoms with van der Waals surface area (Å²) in [6.07, 6.45) is 0.532. The number of pyridine rings is 1. The van der Waals surface area contributed by atoms with Crippen molar-refractivity contribution in [1.29, 1.82) is 0 Å². The molecule has 0 aliphatic heterocycles. The first-order valence-corrected chi connectivity index (χ1v) is 9.58. The van der Waals surface area contributed by atoms with Crippen molar-refractivity contribution in [3.63, 3.8) is 0 Å². The fraction of sp³-hybridized carbons (Fsp3) is 0.217. The van der Waals surface area contributed by atoms with Crippen LogP contribution in [0.15, 0.2) is 54.7 Å². The van der Waals surface area contributed by atoms with Gasteiger partial charge in [-0.25, -0.2) is 9.78 Å². The number of ether oxygens (including phenoxy) is 4. The van der Waals surface area contributed by atoms with Gasteiger partial charge < -0.3 is 23.9 Å². The Bertz CT molecular complexity index is 1180. The highest BCUT2D eigenvalue weighted by molar-refractivity contribution is 6.09. The number of H-pyrrole nitrogens is 1. The lowest BCUT2D eigenvalue weighted by Gasteiger charge is -2.12. The molecule has 154 valence electrons. The zero-order chi connectivity index (χ0) is 21.1. The first-order valence-electron chi connectivity index (χ1n) is 9.58. The van der Waals surface area contributed by atoms with Crippen LogP contribution in [0, 0.1) is 0 Å². The maximum Gasteiger partial charge on any atom is 0.515 e. The highest BCUT2D eigenvalue weighted by atomic mass is 16.7. The topological polar surface area (TPSA) is 82.7 Å². The van der Waals surface area contributed by atoms with E-state index in [4.69, 9.17) is 18.9 Å². The van der Waals surface area contributed by atoms with Crippen LogP contribution in [0.3, 0.4) is 0 Å². The summed E-state index contributed by atoms with van der Waals surface area (Å²) >= 11 is 0. The second-order valence-corrected chi connectivity index (χ2v) is 7.03. The van der Waals surface area contributed by atoms with Gasteiger partial charge in [-0.3, -0.25) is 0 Å². The molecule has 2 heterocycles. The number of rotatable bonds is 6. The number of fused-ring (bicyclic) bond motifs is 3. The molecule has 0 aliphatic rings. The van der Waals surface area contributed by atoms with Crippen LogP contribution in [0.1, 0.15) is 19.4 Å². The van der Waals surface area contributed by atoms with Gasteiger partial charge in [0.1, 0.15) is 11.5 Å². The van der Waals surface area contributed by atoms with Crippen LogP contribution in [0.4, 0.5) is 4.79 Å². The van der Waals surface area contributed by atoms with Gasteiger partial charge in [-0.2, -0.15) is 0 Å². The third kappa shape index (κ3) is 4.06.